The Balaban J connectivity index is 1.86. The largest absolute Gasteiger partial charge is 0.494 e. The normalized spacial score (nSPS) is 17.6. The van der Waals surface area contributed by atoms with Crippen LogP contribution in [0, 0.1) is 5.92 Å². The lowest BCUT2D eigenvalue weighted by Gasteiger charge is -2.38. The fraction of sp³-hybridized carbons (Fsp3) is 0.444. The van der Waals surface area contributed by atoms with Crippen LogP contribution in [-0.4, -0.2) is 41.2 Å². The molecule has 0 fully saturated rings. The number of rotatable bonds is 10. The maximum atomic E-state index is 13.8. The molecule has 3 aromatic rings. The number of imidazole rings is 1. The lowest BCUT2D eigenvalue weighted by molar-refractivity contribution is -0.153. The molecule has 1 amide bonds. The van der Waals surface area contributed by atoms with Crippen LogP contribution in [0.25, 0.3) is 11.0 Å². The van der Waals surface area contributed by atoms with E-state index in [1.54, 1.807) is 11.8 Å². The summed E-state index contributed by atoms with van der Waals surface area (Å²) in [5.74, 6) is -0.410. The second-order valence-electron chi connectivity index (χ2n) is 8.56. The number of amides is 1. The van der Waals surface area contributed by atoms with E-state index in [2.05, 4.69) is 13.8 Å². The Hall–Kier alpha value is -3.35. The van der Waals surface area contributed by atoms with E-state index in [1.807, 2.05) is 53.1 Å². The summed E-state index contributed by atoms with van der Waals surface area (Å²) < 4.78 is 13.2. The maximum Gasteiger partial charge on any atom is 0.321 e. The Morgan fingerprint density at radius 2 is 1.76 bits per heavy atom. The fourth-order valence-corrected chi connectivity index (χ4v) is 4.56. The Kier molecular flexibility index (Phi) is 7.50. The molecule has 0 N–H and O–H groups in total. The van der Waals surface area contributed by atoms with E-state index in [-0.39, 0.29) is 12.5 Å². The van der Waals surface area contributed by atoms with E-state index in [1.165, 1.54) is 0 Å². The van der Waals surface area contributed by atoms with Crippen molar-refractivity contribution in [3.05, 3.63) is 54.1 Å². The highest BCUT2D eigenvalue weighted by molar-refractivity contribution is 6.08. The lowest BCUT2D eigenvalue weighted by Crippen LogP contribution is -2.50. The van der Waals surface area contributed by atoms with Gasteiger partial charge in [-0.25, -0.2) is 4.98 Å². The molecule has 0 bridgehead atoms. The molecule has 4 rings (SSSR count). The minimum atomic E-state index is -0.992. The minimum Gasteiger partial charge on any atom is -0.494 e. The van der Waals surface area contributed by atoms with Gasteiger partial charge in [0, 0.05) is 6.54 Å². The monoisotopic (exact) mass is 463 g/mol. The van der Waals surface area contributed by atoms with Gasteiger partial charge in [-0.1, -0.05) is 51.0 Å². The number of benzene rings is 2. The van der Waals surface area contributed by atoms with Gasteiger partial charge in [0.25, 0.3) is 0 Å². The lowest BCUT2D eigenvalue weighted by atomic mass is 9.89. The summed E-state index contributed by atoms with van der Waals surface area (Å²) in [6, 6.07) is 14.9. The third kappa shape index (κ3) is 4.52. The van der Waals surface area contributed by atoms with Crippen molar-refractivity contribution in [2.24, 2.45) is 5.92 Å². The number of fused-ring (bicyclic) bond motifs is 3. The summed E-state index contributed by atoms with van der Waals surface area (Å²) >= 11 is 0. The molecule has 0 aliphatic carbocycles. The number of carbonyl (C=O) groups is 2. The van der Waals surface area contributed by atoms with Crippen LogP contribution in [0.2, 0.25) is 0 Å². The molecule has 7 nitrogen and oxygen atoms in total. The molecule has 0 unspecified atom stereocenters. The van der Waals surface area contributed by atoms with Crippen molar-refractivity contribution in [1.29, 1.82) is 0 Å². The van der Waals surface area contributed by atoms with Crippen LogP contribution in [0.1, 0.15) is 58.1 Å². The molecule has 2 heterocycles. The molecule has 2 atom stereocenters. The highest BCUT2D eigenvalue weighted by atomic mass is 16.5. The predicted octanol–water partition coefficient (Wildman–Crippen LogP) is 5.13. The molecule has 1 aromatic heterocycles. The molecular weight excluding hydrogens is 430 g/mol. The summed E-state index contributed by atoms with van der Waals surface area (Å²) in [6.07, 6.45) is 3.79. The van der Waals surface area contributed by atoms with Gasteiger partial charge in [0.15, 0.2) is 5.92 Å². The second-order valence-corrected chi connectivity index (χ2v) is 8.56. The van der Waals surface area contributed by atoms with Gasteiger partial charge in [-0.3, -0.25) is 14.5 Å². The zero-order valence-electron chi connectivity index (χ0n) is 20.2. The van der Waals surface area contributed by atoms with Crippen molar-refractivity contribution in [2.45, 2.75) is 52.5 Å². The molecule has 34 heavy (non-hydrogen) atoms. The summed E-state index contributed by atoms with van der Waals surface area (Å²) in [4.78, 5) is 33.5. The molecule has 7 heteroatoms. The van der Waals surface area contributed by atoms with Crippen LogP contribution in [0.3, 0.4) is 0 Å². The molecule has 1 aliphatic rings. The van der Waals surface area contributed by atoms with Crippen molar-refractivity contribution >= 4 is 28.9 Å². The van der Waals surface area contributed by atoms with Crippen molar-refractivity contribution in [3.63, 3.8) is 0 Å². The maximum absolute atomic E-state index is 13.8. The second kappa shape index (κ2) is 10.7. The van der Waals surface area contributed by atoms with Crippen LogP contribution in [0.5, 0.6) is 5.75 Å². The first kappa shape index (κ1) is 23.8. The van der Waals surface area contributed by atoms with E-state index in [4.69, 9.17) is 14.5 Å². The van der Waals surface area contributed by atoms with E-state index in [0.29, 0.717) is 19.1 Å². The first-order valence-electron chi connectivity index (χ1n) is 12.3. The molecular formula is C27H33N3O4. The topological polar surface area (TPSA) is 73.7 Å². The van der Waals surface area contributed by atoms with Crippen molar-refractivity contribution in [2.75, 3.05) is 24.7 Å². The van der Waals surface area contributed by atoms with Gasteiger partial charge in [0.2, 0.25) is 11.9 Å². The van der Waals surface area contributed by atoms with E-state index >= 15 is 0 Å². The number of esters is 1. The number of carbonyl (C=O) groups excluding carboxylic acids is 2. The average molecular weight is 464 g/mol. The van der Waals surface area contributed by atoms with Gasteiger partial charge >= 0.3 is 5.97 Å². The van der Waals surface area contributed by atoms with Gasteiger partial charge in [-0.05, 0) is 49.6 Å². The quantitative estimate of drug-likeness (QED) is 0.237. The first-order valence-corrected chi connectivity index (χ1v) is 12.3. The van der Waals surface area contributed by atoms with E-state index < -0.39 is 17.9 Å². The molecule has 2 aromatic carbocycles. The number of hydrogen-bond donors (Lipinski definition) is 0. The summed E-state index contributed by atoms with van der Waals surface area (Å²) in [6.45, 7) is 7.31. The molecule has 1 aliphatic heterocycles. The van der Waals surface area contributed by atoms with Crippen LogP contribution >= 0.6 is 0 Å². The number of hydrogen-bond acceptors (Lipinski definition) is 5. The van der Waals surface area contributed by atoms with Crippen LogP contribution in [-0.2, 0) is 14.3 Å². The first-order chi connectivity index (χ1) is 16.6. The van der Waals surface area contributed by atoms with Gasteiger partial charge in [0.05, 0.1) is 30.3 Å². The van der Waals surface area contributed by atoms with Crippen LogP contribution < -0.4 is 9.64 Å². The minimum absolute atomic E-state index is 0.215. The van der Waals surface area contributed by atoms with Crippen LogP contribution in [0.15, 0.2) is 48.5 Å². The average Bonchev–Trinajstić information content (AvgIpc) is 3.23. The van der Waals surface area contributed by atoms with Crippen molar-refractivity contribution in [3.8, 4) is 5.75 Å². The third-order valence-electron chi connectivity index (χ3n) is 6.16. The smallest absolute Gasteiger partial charge is 0.321 e. The van der Waals surface area contributed by atoms with Gasteiger partial charge in [-0.15, -0.1) is 0 Å². The zero-order chi connectivity index (χ0) is 24.1. The van der Waals surface area contributed by atoms with E-state index in [9.17, 15) is 9.59 Å². The molecule has 0 spiro atoms. The van der Waals surface area contributed by atoms with Crippen LogP contribution in [0.4, 0.5) is 5.95 Å². The Morgan fingerprint density at radius 1 is 1.00 bits per heavy atom. The molecule has 0 radical (unpaired) electrons. The Bertz CT molecular complexity index is 1140. The highest BCUT2D eigenvalue weighted by Crippen LogP contribution is 2.41. The van der Waals surface area contributed by atoms with Crippen molar-refractivity contribution in [1.82, 2.24) is 9.55 Å². The Morgan fingerprint density at radius 3 is 2.47 bits per heavy atom. The van der Waals surface area contributed by atoms with Gasteiger partial charge in [-0.2, -0.15) is 0 Å². The van der Waals surface area contributed by atoms with Crippen molar-refractivity contribution < 1.29 is 19.1 Å². The highest BCUT2D eigenvalue weighted by Gasteiger charge is 2.47. The van der Waals surface area contributed by atoms with E-state index in [0.717, 1.165) is 48.0 Å². The number of para-hydroxylation sites is 2. The number of unbranched alkanes of at least 4 members (excludes halogenated alkanes) is 2. The molecule has 180 valence electrons. The Labute approximate surface area is 200 Å². The fourth-order valence-electron chi connectivity index (χ4n) is 4.56. The number of ether oxygens (including phenoxy) is 2. The summed E-state index contributed by atoms with van der Waals surface area (Å²) in [5, 5.41) is 0. The van der Waals surface area contributed by atoms with Gasteiger partial charge in [0.1, 0.15) is 5.75 Å². The predicted molar refractivity (Wildman–Crippen MR) is 132 cm³/mol. The SMILES string of the molecule is CCCCCN1C(=O)[C@H](C(=O)OCC)[C@H](c2ccc(OCCC)cc2)n2c1nc1ccccc12. The summed E-state index contributed by atoms with van der Waals surface area (Å²) in [7, 11) is 0. The third-order valence-corrected chi connectivity index (χ3v) is 6.16. The molecule has 0 saturated carbocycles. The zero-order valence-corrected chi connectivity index (χ0v) is 20.2. The number of nitrogens with zero attached hydrogens (tertiary/aromatic N) is 3. The summed E-state index contributed by atoms with van der Waals surface area (Å²) in [5.41, 5.74) is 2.52. The van der Waals surface area contributed by atoms with Gasteiger partial charge < -0.3 is 14.0 Å². The molecule has 0 saturated heterocycles. The number of aromatic nitrogens is 2. The standard InChI is InChI=1S/C27H33N3O4/c1-4-7-10-17-29-25(31)23(26(32)33-6-3)24(19-13-15-20(16-14-19)34-18-5-2)30-22-12-9-8-11-21(22)28-27(29)30/h8-9,11-16,23-24H,4-7,10,17-18H2,1-3H3/t23-,24+/m1/s1. The number of anilines is 1.